The summed E-state index contributed by atoms with van der Waals surface area (Å²) in [5.74, 6) is -3.12. The van der Waals surface area contributed by atoms with Crippen LogP contribution in [-0.2, 0) is 25.6 Å². The highest BCUT2D eigenvalue weighted by molar-refractivity contribution is 5.87. The van der Waals surface area contributed by atoms with Gasteiger partial charge in [0.1, 0.15) is 18.3 Å². The van der Waals surface area contributed by atoms with Crippen LogP contribution in [0.2, 0.25) is 0 Å². The molecule has 56 heavy (non-hydrogen) atoms. The number of aliphatic hydroxyl groups excluding tert-OH is 3. The fraction of sp³-hybridized carbons (Fsp3) is 0.841. The summed E-state index contributed by atoms with van der Waals surface area (Å²) >= 11 is 0. The van der Waals surface area contributed by atoms with Gasteiger partial charge in [0.05, 0.1) is 19.2 Å². The zero-order valence-electron chi connectivity index (χ0n) is 35.4. The summed E-state index contributed by atoms with van der Waals surface area (Å²) in [6, 6.07) is 0. The Hall–Kier alpha value is -2.67. The number of ketones is 2. The lowest BCUT2D eigenvalue weighted by molar-refractivity contribution is -0.147. The van der Waals surface area contributed by atoms with E-state index >= 15 is 0 Å². The number of hydrogen-bond acceptors (Lipinski definition) is 9. The molecule has 1 rings (SSSR count). The first kappa shape index (κ1) is 55.4. The van der Waals surface area contributed by atoms with E-state index in [0.717, 1.165) is 37.8 Å². The van der Waals surface area contributed by atoms with Gasteiger partial charge in [0.25, 0.3) is 0 Å². The maximum absolute atomic E-state index is 12.3. The Labute approximate surface area is 339 Å². The molecule has 0 aromatic carbocycles. The number of Topliss-reactive ketones (excluding diaryl/α,β-unsaturated/α-hetero) is 2. The maximum Gasteiger partial charge on any atom is 0.303 e. The largest absolute Gasteiger partial charge is 0.481 e. The lowest BCUT2D eigenvalue weighted by atomic mass is 9.95. The van der Waals surface area contributed by atoms with Crippen molar-refractivity contribution in [1.29, 1.82) is 0 Å². The fourth-order valence-corrected chi connectivity index (χ4v) is 6.27. The first-order valence-corrected chi connectivity index (χ1v) is 22.2. The third kappa shape index (κ3) is 38.2. The zero-order valence-corrected chi connectivity index (χ0v) is 35.4. The van der Waals surface area contributed by atoms with Crippen molar-refractivity contribution in [3.05, 3.63) is 18.2 Å². The summed E-state index contributed by atoms with van der Waals surface area (Å²) in [4.78, 5) is 50.6. The third-order valence-corrected chi connectivity index (χ3v) is 9.88. The van der Waals surface area contributed by atoms with Crippen LogP contribution in [0.5, 0.6) is 0 Å². The molecule has 328 valence electrons. The minimum atomic E-state index is -1.73. The Kier molecular flexibility index (Phi) is 41.5. The van der Waals surface area contributed by atoms with Crippen LogP contribution < -0.4 is 5.73 Å². The average molecular weight is 798 g/mol. The summed E-state index contributed by atoms with van der Waals surface area (Å²) in [5.41, 5.74) is 6.38. The number of aromatic amines is 1. The molecule has 0 bridgehead atoms. The molecule has 12 heteroatoms. The molecule has 2 unspecified atom stereocenters. The lowest BCUT2D eigenvalue weighted by Crippen LogP contribution is -2.45. The Morgan fingerprint density at radius 3 is 1.09 bits per heavy atom. The average Bonchev–Trinajstić information content (AvgIpc) is 3.70. The van der Waals surface area contributed by atoms with E-state index in [4.69, 9.17) is 15.9 Å². The number of carboxylic acids is 2. The topological polar surface area (TPSA) is 224 Å². The van der Waals surface area contributed by atoms with E-state index in [1.807, 2.05) is 0 Å². The normalized spacial score (nSPS) is 12.5. The van der Waals surface area contributed by atoms with Gasteiger partial charge in [-0.1, -0.05) is 168 Å². The number of nitrogens with zero attached hydrogens (tertiary/aromatic N) is 1. The number of nitrogens with two attached hydrogens (primary N) is 1. The van der Waals surface area contributed by atoms with Crippen LogP contribution in [0.3, 0.4) is 0 Å². The molecule has 1 aromatic rings. The quantitative estimate of drug-likeness (QED) is 0.0315. The van der Waals surface area contributed by atoms with Gasteiger partial charge in [-0.2, -0.15) is 0 Å². The number of aliphatic hydroxyl groups is 3. The molecule has 1 heterocycles. The first-order chi connectivity index (χ1) is 27.0. The van der Waals surface area contributed by atoms with Crippen molar-refractivity contribution in [1.82, 2.24) is 9.97 Å². The molecule has 0 saturated carbocycles. The van der Waals surface area contributed by atoms with Crippen LogP contribution in [0.25, 0.3) is 0 Å². The Morgan fingerprint density at radius 1 is 0.536 bits per heavy atom. The predicted octanol–water partition coefficient (Wildman–Crippen LogP) is 9.02. The number of imidazole rings is 1. The van der Waals surface area contributed by atoms with E-state index in [1.54, 1.807) is 12.5 Å². The molecule has 0 saturated heterocycles. The van der Waals surface area contributed by atoms with Gasteiger partial charge in [-0.15, -0.1) is 0 Å². The Morgan fingerprint density at radius 2 is 0.839 bits per heavy atom. The molecular weight excluding hydrogens is 714 g/mol. The van der Waals surface area contributed by atoms with Gasteiger partial charge in [-0.3, -0.25) is 19.2 Å². The van der Waals surface area contributed by atoms with Crippen molar-refractivity contribution >= 4 is 23.5 Å². The number of unbranched alkanes of at least 4 members (excludes halogenated alkanes) is 24. The molecule has 0 aliphatic heterocycles. The van der Waals surface area contributed by atoms with Gasteiger partial charge in [0.15, 0.2) is 11.6 Å². The van der Waals surface area contributed by atoms with Gasteiger partial charge in [-0.25, -0.2) is 4.98 Å². The zero-order chi connectivity index (χ0) is 42.1. The number of hydrogen-bond donors (Lipinski definition) is 7. The minimum Gasteiger partial charge on any atom is -0.481 e. The summed E-state index contributed by atoms with van der Waals surface area (Å²) in [6.07, 6.45) is 30.5. The summed E-state index contributed by atoms with van der Waals surface area (Å²) in [5, 5.41) is 46.3. The predicted molar refractivity (Wildman–Crippen MR) is 225 cm³/mol. The molecule has 0 aliphatic rings. The highest BCUT2D eigenvalue weighted by Crippen LogP contribution is 2.16. The van der Waals surface area contributed by atoms with Crippen LogP contribution >= 0.6 is 0 Å². The second kappa shape index (κ2) is 41.9. The molecule has 0 spiro atoms. The fourth-order valence-electron chi connectivity index (χ4n) is 6.27. The number of carboxylic acid groups (broad SMARTS) is 2. The number of H-pyrrole nitrogens is 1. The van der Waals surface area contributed by atoms with Crippen molar-refractivity contribution in [3.8, 4) is 0 Å². The van der Waals surface area contributed by atoms with Crippen molar-refractivity contribution in [2.75, 3.05) is 6.54 Å². The van der Waals surface area contributed by atoms with Crippen LogP contribution in [0.1, 0.15) is 212 Å². The summed E-state index contributed by atoms with van der Waals surface area (Å²) < 4.78 is 0. The van der Waals surface area contributed by atoms with E-state index in [-0.39, 0.29) is 25.7 Å². The van der Waals surface area contributed by atoms with E-state index < -0.39 is 41.8 Å². The van der Waals surface area contributed by atoms with E-state index in [0.29, 0.717) is 19.4 Å². The first-order valence-electron chi connectivity index (χ1n) is 22.2. The molecule has 0 radical (unpaired) electrons. The van der Waals surface area contributed by atoms with Gasteiger partial charge >= 0.3 is 11.9 Å². The molecular formula is C44H83N3O9. The van der Waals surface area contributed by atoms with Gasteiger partial charge in [0.2, 0.25) is 0 Å². The molecule has 0 amide bonds. The summed E-state index contributed by atoms with van der Waals surface area (Å²) in [7, 11) is 0. The van der Waals surface area contributed by atoms with E-state index in [2.05, 4.69) is 23.8 Å². The Balaban J connectivity index is 0. The Bertz CT molecular complexity index is 977. The minimum absolute atomic E-state index is 0.176. The van der Waals surface area contributed by atoms with Crippen LogP contribution in [0.15, 0.2) is 12.5 Å². The second-order valence-electron chi connectivity index (χ2n) is 15.2. The smallest absolute Gasteiger partial charge is 0.303 e. The van der Waals surface area contributed by atoms with Crippen molar-refractivity contribution in [2.24, 2.45) is 5.73 Å². The second-order valence-corrected chi connectivity index (χ2v) is 15.2. The molecule has 8 N–H and O–H groups in total. The number of rotatable bonds is 37. The van der Waals surface area contributed by atoms with Gasteiger partial charge < -0.3 is 36.3 Å². The number of aliphatic carboxylic acids is 2. The van der Waals surface area contributed by atoms with Gasteiger partial charge in [-0.05, 0) is 19.4 Å². The van der Waals surface area contributed by atoms with Gasteiger partial charge in [0, 0.05) is 31.2 Å². The molecule has 0 fully saturated rings. The highest BCUT2D eigenvalue weighted by Gasteiger charge is 2.33. The standard InChI is InChI=1S/C35H68O5.C5H9N3.C4H6O4/c1-3-5-7-9-11-13-15-17-19-21-23-25-27-29-31(36)33(38)35(40)34(39)32(37)30-28-26-24-22-20-18-16-14-12-10-8-6-4-2;6-2-1-5-3-7-4-8-5;5-3(6)1-2-4(7)8/h33-35,38-40H,3-30H2,1-2H3;3-4H,1-2,6H2,(H,7,8);1-2H2,(H,5,6)(H,7,8). The SMILES string of the molecule is CCCCCCCCCCCCCCCC(=O)C(O)C(O)C(O)C(=O)CCCCCCCCCCCCCCC.NCCc1cnc[nH]1.O=C(O)CCC(=O)O. The monoisotopic (exact) mass is 798 g/mol. The van der Waals surface area contributed by atoms with Crippen LogP contribution in [-0.4, -0.2) is 83.9 Å². The molecule has 1 aromatic heterocycles. The van der Waals surface area contributed by atoms with Crippen molar-refractivity contribution in [3.63, 3.8) is 0 Å². The van der Waals surface area contributed by atoms with Crippen molar-refractivity contribution < 1.29 is 44.7 Å². The number of carbonyl (C=O) groups is 4. The highest BCUT2D eigenvalue weighted by atomic mass is 16.4. The third-order valence-electron chi connectivity index (χ3n) is 9.88. The van der Waals surface area contributed by atoms with E-state index in [1.165, 1.54) is 128 Å². The molecule has 0 aliphatic carbocycles. The number of nitrogens with one attached hydrogen (secondary N) is 1. The summed E-state index contributed by atoms with van der Waals surface area (Å²) in [6.45, 7) is 5.18. The number of carbonyl (C=O) groups excluding carboxylic acids is 2. The lowest BCUT2D eigenvalue weighted by Gasteiger charge is -2.21. The van der Waals surface area contributed by atoms with Crippen LogP contribution in [0.4, 0.5) is 0 Å². The molecule has 2 atom stereocenters. The molecule has 12 nitrogen and oxygen atoms in total. The van der Waals surface area contributed by atoms with Crippen LogP contribution in [0, 0.1) is 0 Å². The maximum atomic E-state index is 12.3. The van der Waals surface area contributed by atoms with E-state index in [9.17, 15) is 34.5 Å². The van der Waals surface area contributed by atoms with Crippen molar-refractivity contribution in [2.45, 2.75) is 231 Å². The number of aromatic nitrogens is 2.